The van der Waals surface area contributed by atoms with E-state index in [4.69, 9.17) is 10.5 Å². The van der Waals surface area contributed by atoms with Gasteiger partial charge in [0.1, 0.15) is 0 Å². The topological polar surface area (TPSA) is 114 Å². The number of carbonyl (C=O) groups excluding carboxylic acids is 1. The highest BCUT2D eigenvalue weighted by Crippen LogP contribution is 2.31. The minimum atomic E-state index is -1.97. The summed E-state index contributed by atoms with van der Waals surface area (Å²) >= 11 is 0. The second-order valence-corrected chi connectivity index (χ2v) is 6.32. The average Bonchev–Trinajstić information content (AvgIpc) is 2.72. The highest BCUT2D eigenvalue weighted by molar-refractivity contribution is 5.85. The van der Waals surface area contributed by atoms with Crippen LogP contribution in [0.1, 0.15) is 17.0 Å². The van der Waals surface area contributed by atoms with Crippen molar-refractivity contribution in [3.63, 3.8) is 0 Å². The molecule has 0 bridgehead atoms. The van der Waals surface area contributed by atoms with Crippen molar-refractivity contribution < 1.29 is 14.6 Å². The van der Waals surface area contributed by atoms with Crippen LogP contribution < -0.4 is 10.6 Å². The zero-order chi connectivity index (χ0) is 20.1. The van der Waals surface area contributed by atoms with E-state index < -0.39 is 11.6 Å². The van der Waals surface area contributed by atoms with Gasteiger partial charge in [0.2, 0.25) is 17.5 Å². The molecular formula is C20H21N5O3. The van der Waals surface area contributed by atoms with Crippen LogP contribution in [-0.2, 0) is 21.7 Å². The molecule has 3 rings (SSSR count). The summed E-state index contributed by atoms with van der Waals surface area (Å²) in [5.74, 6) is -0.283. The molecule has 0 spiro atoms. The molecule has 2 aromatic carbocycles. The minimum absolute atomic E-state index is 0.0196. The van der Waals surface area contributed by atoms with Gasteiger partial charge in [-0.2, -0.15) is 15.0 Å². The fourth-order valence-corrected chi connectivity index (χ4v) is 2.69. The van der Waals surface area contributed by atoms with E-state index in [9.17, 15) is 9.90 Å². The van der Waals surface area contributed by atoms with Gasteiger partial charge in [0.25, 0.3) is 0 Å². The van der Waals surface area contributed by atoms with Gasteiger partial charge in [-0.1, -0.05) is 60.7 Å². The van der Waals surface area contributed by atoms with Crippen LogP contribution in [0.4, 0.5) is 11.9 Å². The van der Waals surface area contributed by atoms with Crippen molar-refractivity contribution in [3.05, 3.63) is 77.6 Å². The van der Waals surface area contributed by atoms with E-state index >= 15 is 0 Å². The number of hydrogen-bond donors (Lipinski definition) is 2. The van der Waals surface area contributed by atoms with Crippen LogP contribution in [0.15, 0.2) is 60.7 Å². The van der Waals surface area contributed by atoms with Gasteiger partial charge in [0.05, 0.1) is 0 Å². The summed E-state index contributed by atoms with van der Waals surface area (Å²) in [5.41, 5.74) is 4.52. The lowest BCUT2D eigenvalue weighted by Gasteiger charge is -2.27. The van der Waals surface area contributed by atoms with E-state index in [2.05, 4.69) is 15.0 Å². The average molecular weight is 379 g/mol. The van der Waals surface area contributed by atoms with E-state index in [-0.39, 0.29) is 18.4 Å². The molecule has 8 heteroatoms. The lowest BCUT2D eigenvalue weighted by molar-refractivity contribution is -0.163. The molecule has 0 radical (unpaired) electrons. The number of esters is 1. The Kier molecular flexibility index (Phi) is 5.51. The Morgan fingerprint density at radius 3 is 2.04 bits per heavy atom. The second kappa shape index (κ2) is 8.01. The molecule has 0 fully saturated rings. The van der Waals surface area contributed by atoms with Gasteiger partial charge >= 0.3 is 5.97 Å². The van der Waals surface area contributed by atoms with Gasteiger partial charge in [0, 0.05) is 14.1 Å². The molecule has 28 heavy (non-hydrogen) atoms. The largest absolute Gasteiger partial charge is 0.455 e. The number of rotatable bonds is 6. The molecule has 0 aliphatic carbocycles. The Morgan fingerprint density at radius 2 is 1.54 bits per heavy atom. The molecule has 3 N–H and O–H groups in total. The Morgan fingerprint density at radius 1 is 1.00 bits per heavy atom. The van der Waals surface area contributed by atoms with Crippen molar-refractivity contribution in [3.8, 4) is 0 Å². The molecule has 0 aliphatic rings. The number of ether oxygens (including phenoxy) is 1. The number of aliphatic hydroxyl groups is 1. The summed E-state index contributed by atoms with van der Waals surface area (Å²) in [6, 6.07) is 17.2. The number of nitrogen functional groups attached to an aromatic ring is 1. The highest BCUT2D eigenvalue weighted by atomic mass is 16.5. The molecule has 8 nitrogen and oxygen atoms in total. The van der Waals surface area contributed by atoms with Crippen LogP contribution in [0.25, 0.3) is 0 Å². The number of anilines is 2. The molecule has 144 valence electrons. The summed E-state index contributed by atoms with van der Waals surface area (Å²) in [6.45, 7) is -0.256. The first kappa shape index (κ1) is 19.2. The molecule has 1 aromatic heterocycles. The molecule has 0 saturated carbocycles. The quantitative estimate of drug-likeness (QED) is 0.619. The maximum absolute atomic E-state index is 13.0. The van der Waals surface area contributed by atoms with Crippen LogP contribution in [-0.4, -0.2) is 40.1 Å². The molecule has 0 amide bonds. The Labute approximate surface area is 162 Å². The SMILES string of the molecule is CN(C)c1nc(N)nc(COC(=O)C(O)(c2ccccc2)c2ccccc2)n1. The second-order valence-electron chi connectivity index (χ2n) is 6.32. The molecule has 3 aromatic rings. The zero-order valence-electron chi connectivity index (χ0n) is 15.6. The fraction of sp³-hybridized carbons (Fsp3) is 0.200. The lowest BCUT2D eigenvalue weighted by atomic mass is 9.86. The van der Waals surface area contributed by atoms with Crippen molar-refractivity contribution in [1.82, 2.24) is 15.0 Å². The zero-order valence-corrected chi connectivity index (χ0v) is 15.6. The van der Waals surface area contributed by atoms with Crippen LogP contribution in [0.5, 0.6) is 0 Å². The van der Waals surface area contributed by atoms with Crippen molar-refractivity contribution in [2.45, 2.75) is 12.2 Å². The van der Waals surface area contributed by atoms with Crippen LogP contribution in [0.3, 0.4) is 0 Å². The molecule has 1 heterocycles. The lowest BCUT2D eigenvalue weighted by Crippen LogP contribution is -2.38. The predicted octanol–water partition coefficient (Wildman–Crippen LogP) is 1.50. The summed E-state index contributed by atoms with van der Waals surface area (Å²) < 4.78 is 5.38. The Bertz CT molecular complexity index is 909. The van der Waals surface area contributed by atoms with Gasteiger partial charge in [-0.15, -0.1) is 0 Å². The van der Waals surface area contributed by atoms with Gasteiger partial charge in [0.15, 0.2) is 12.4 Å². The van der Waals surface area contributed by atoms with E-state index in [0.29, 0.717) is 17.1 Å². The van der Waals surface area contributed by atoms with Crippen molar-refractivity contribution in [2.75, 3.05) is 24.7 Å². The molecule has 0 unspecified atom stereocenters. The van der Waals surface area contributed by atoms with Gasteiger partial charge in [-0.3, -0.25) is 0 Å². The van der Waals surface area contributed by atoms with Crippen LogP contribution in [0, 0.1) is 0 Å². The third kappa shape index (κ3) is 3.91. The predicted molar refractivity (Wildman–Crippen MR) is 104 cm³/mol. The van der Waals surface area contributed by atoms with E-state index in [1.165, 1.54) is 0 Å². The third-order valence-electron chi connectivity index (χ3n) is 4.10. The van der Waals surface area contributed by atoms with E-state index in [1.807, 2.05) is 0 Å². The smallest absolute Gasteiger partial charge is 0.348 e. The van der Waals surface area contributed by atoms with Crippen LogP contribution in [0.2, 0.25) is 0 Å². The van der Waals surface area contributed by atoms with Crippen molar-refractivity contribution in [1.29, 1.82) is 0 Å². The van der Waals surface area contributed by atoms with Crippen molar-refractivity contribution in [2.24, 2.45) is 0 Å². The number of nitrogens with two attached hydrogens (primary N) is 1. The third-order valence-corrected chi connectivity index (χ3v) is 4.10. The monoisotopic (exact) mass is 379 g/mol. The minimum Gasteiger partial charge on any atom is -0.455 e. The fourth-order valence-electron chi connectivity index (χ4n) is 2.69. The van der Waals surface area contributed by atoms with Crippen LogP contribution >= 0.6 is 0 Å². The first-order chi connectivity index (χ1) is 13.4. The molecular weight excluding hydrogens is 358 g/mol. The van der Waals surface area contributed by atoms with E-state index in [0.717, 1.165) is 0 Å². The normalized spacial score (nSPS) is 11.1. The Balaban J connectivity index is 1.89. The Hall–Kier alpha value is -3.52. The first-order valence-corrected chi connectivity index (χ1v) is 8.59. The summed E-state index contributed by atoms with van der Waals surface area (Å²) in [7, 11) is 3.52. The summed E-state index contributed by atoms with van der Waals surface area (Å²) in [6.07, 6.45) is 0. The van der Waals surface area contributed by atoms with Gasteiger partial charge in [-0.25, -0.2) is 4.79 Å². The standard InChI is InChI=1S/C20H21N5O3/c1-25(2)19-23-16(22-18(21)24-19)13-28-17(26)20(27,14-9-5-3-6-10-14)15-11-7-4-8-12-15/h3-12,27H,13H2,1-2H3,(H2,21,22,23,24). The maximum Gasteiger partial charge on any atom is 0.348 e. The number of benzene rings is 2. The summed E-state index contributed by atoms with van der Waals surface area (Å²) in [4.78, 5) is 26.8. The van der Waals surface area contributed by atoms with E-state index in [1.54, 1.807) is 79.7 Å². The first-order valence-electron chi connectivity index (χ1n) is 8.59. The molecule has 0 saturated heterocycles. The maximum atomic E-state index is 13.0. The number of carbonyl (C=O) groups is 1. The number of aromatic nitrogens is 3. The number of nitrogens with zero attached hydrogens (tertiary/aromatic N) is 4. The summed E-state index contributed by atoms with van der Waals surface area (Å²) in [5, 5.41) is 11.3. The van der Waals surface area contributed by atoms with Gasteiger partial charge in [-0.05, 0) is 11.1 Å². The van der Waals surface area contributed by atoms with Gasteiger partial charge < -0.3 is 20.5 Å². The number of hydrogen-bond acceptors (Lipinski definition) is 8. The molecule has 0 atom stereocenters. The van der Waals surface area contributed by atoms with Crippen molar-refractivity contribution >= 4 is 17.9 Å². The highest BCUT2D eigenvalue weighted by Gasteiger charge is 2.41. The molecule has 0 aliphatic heterocycles.